The Balaban J connectivity index is 3.82. The van der Waals surface area contributed by atoms with Crippen LogP contribution in [-0.4, -0.2) is 13.2 Å². The van der Waals surface area contributed by atoms with Crippen LogP contribution in [0.1, 0.15) is 39.5 Å². The van der Waals surface area contributed by atoms with E-state index < -0.39 is 7.75 Å². The first-order valence-electron chi connectivity index (χ1n) is 4.96. The van der Waals surface area contributed by atoms with Crippen LogP contribution in [-0.2, 0) is 13.6 Å². The Morgan fingerprint density at radius 1 is 1.14 bits per heavy atom. The molecule has 0 aliphatic carbocycles. The molecule has 14 heavy (non-hydrogen) atoms. The Labute approximate surface area is 86.0 Å². The van der Waals surface area contributed by atoms with Crippen molar-refractivity contribution in [2.75, 3.05) is 13.2 Å². The minimum Gasteiger partial charge on any atom is -0.244 e. The Kier molecular flexibility index (Phi) is 7.78. The van der Waals surface area contributed by atoms with E-state index >= 15 is 0 Å². The largest absolute Gasteiger partial charge is 0.693 e. The minimum atomic E-state index is -3.47. The summed E-state index contributed by atoms with van der Waals surface area (Å²) in [5.41, 5.74) is 0. The van der Waals surface area contributed by atoms with Crippen LogP contribution >= 0.6 is 7.75 Å². The fourth-order valence-corrected chi connectivity index (χ4v) is 1.65. The fourth-order valence-electron chi connectivity index (χ4n) is 0.743. The van der Waals surface area contributed by atoms with E-state index in [1.807, 2.05) is 13.8 Å². The zero-order valence-electron chi connectivity index (χ0n) is 8.86. The zero-order chi connectivity index (χ0) is 10.9. The van der Waals surface area contributed by atoms with Gasteiger partial charge in [0.05, 0.1) is 13.2 Å². The molecule has 0 rings (SSSR count). The summed E-state index contributed by atoms with van der Waals surface area (Å²) in [4.78, 5) is 0. The Morgan fingerprint density at radius 3 is 1.86 bits per heavy atom. The van der Waals surface area contributed by atoms with E-state index in [2.05, 4.69) is 4.62 Å². The summed E-state index contributed by atoms with van der Waals surface area (Å²) in [6, 6.07) is 0. The summed E-state index contributed by atoms with van der Waals surface area (Å²) in [6.07, 6.45) is 3.51. The van der Waals surface area contributed by atoms with Gasteiger partial charge in [0.1, 0.15) is 0 Å². The quantitative estimate of drug-likeness (QED) is 0.355. The lowest BCUT2D eigenvalue weighted by atomic mass is 10.4. The van der Waals surface area contributed by atoms with Crippen molar-refractivity contribution in [1.29, 1.82) is 0 Å². The summed E-state index contributed by atoms with van der Waals surface area (Å²) in [7, 11) is -3.47. The van der Waals surface area contributed by atoms with E-state index in [4.69, 9.17) is 15.6 Å². The standard InChI is InChI=1S/C9H18NO3P/c1-4-6-8-12-14(11,10-3)13-9-7-5-2/h4-9H2,1-2H3. The van der Waals surface area contributed by atoms with Gasteiger partial charge < -0.3 is 0 Å². The maximum absolute atomic E-state index is 11.5. The lowest BCUT2D eigenvalue weighted by Gasteiger charge is -2.05. The van der Waals surface area contributed by atoms with Crippen molar-refractivity contribution in [2.45, 2.75) is 39.5 Å². The maximum Gasteiger partial charge on any atom is 0.693 e. The highest BCUT2D eigenvalue weighted by atomic mass is 31.2. The SMILES string of the molecule is [C-]#[N+]P(=O)(OCCCC)OCCCC. The molecule has 0 aromatic rings. The van der Waals surface area contributed by atoms with Crippen LogP contribution in [0.25, 0.3) is 4.62 Å². The van der Waals surface area contributed by atoms with Crippen LogP contribution in [0.2, 0.25) is 0 Å². The van der Waals surface area contributed by atoms with E-state index in [0.717, 1.165) is 25.7 Å². The summed E-state index contributed by atoms with van der Waals surface area (Å²) in [6.45, 7) is 11.4. The van der Waals surface area contributed by atoms with E-state index in [-0.39, 0.29) is 0 Å². The van der Waals surface area contributed by atoms with Crippen LogP contribution in [0, 0.1) is 6.57 Å². The van der Waals surface area contributed by atoms with Gasteiger partial charge >= 0.3 is 7.75 Å². The summed E-state index contributed by atoms with van der Waals surface area (Å²) in [5, 5.41) is 0. The Hall–Kier alpha value is -0.360. The molecule has 0 heterocycles. The van der Waals surface area contributed by atoms with Gasteiger partial charge in [0.15, 0.2) is 0 Å². The molecule has 0 N–H and O–H groups in total. The monoisotopic (exact) mass is 219 g/mol. The molecule has 0 saturated heterocycles. The minimum absolute atomic E-state index is 0.336. The van der Waals surface area contributed by atoms with Crippen molar-refractivity contribution >= 4 is 7.75 Å². The molecule has 0 radical (unpaired) electrons. The molecular formula is C9H18NO3P. The topological polar surface area (TPSA) is 39.9 Å². The van der Waals surface area contributed by atoms with Gasteiger partial charge in [0.25, 0.3) is 0 Å². The first-order valence-corrected chi connectivity index (χ1v) is 6.46. The number of hydrogen-bond donors (Lipinski definition) is 0. The zero-order valence-corrected chi connectivity index (χ0v) is 9.76. The Morgan fingerprint density at radius 2 is 1.57 bits per heavy atom. The van der Waals surface area contributed by atoms with Gasteiger partial charge in [-0.3, -0.25) is 0 Å². The number of rotatable bonds is 8. The van der Waals surface area contributed by atoms with Crippen LogP contribution < -0.4 is 0 Å². The molecule has 0 fully saturated rings. The molecule has 0 aromatic carbocycles. The third-order valence-electron chi connectivity index (χ3n) is 1.63. The molecular weight excluding hydrogens is 201 g/mol. The predicted molar refractivity (Wildman–Crippen MR) is 55.9 cm³/mol. The van der Waals surface area contributed by atoms with Crippen LogP contribution in [0.5, 0.6) is 0 Å². The number of nitrogens with zero attached hydrogens (tertiary/aromatic N) is 1. The van der Waals surface area contributed by atoms with Gasteiger partial charge in [0, 0.05) is 0 Å². The van der Waals surface area contributed by atoms with Gasteiger partial charge in [-0.15, -0.1) is 0 Å². The second-order valence-electron chi connectivity index (χ2n) is 2.94. The Bertz CT molecular complexity index is 211. The predicted octanol–water partition coefficient (Wildman–Crippen LogP) is 3.65. The lowest BCUT2D eigenvalue weighted by Crippen LogP contribution is -1.96. The van der Waals surface area contributed by atoms with Crippen molar-refractivity contribution in [2.24, 2.45) is 0 Å². The van der Waals surface area contributed by atoms with Crippen molar-refractivity contribution in [3.8, 4) is 0 Å². The van der Waals surface area contributed by atoms with E-state index in [0.29, 0.717) is 13.2 Å². The average Bonchev–Trinajstić information content (AvgIpc) is 2.19. The van der Waals surface area contributed by atoms with Gasteiger partial charge in [-0.25, -0.2) is 20.2 Å². The van der Waals surface area contributed by atoms with E-state index in [1.165, 1.54) is 0 Å². The molecule has 0 atom stereocenters. The van der Waals surface area contributed by atoms with E-state index in [1.54, 1.807) is 0 Å². The van der Waals surface area contributed by atoms with Crippen molar-refractivity contribution in [3.05, 3.63) is 11.2 Å². The highest BCUT2D eigenvalue weighted by Crippen LogP contribution is 2.50. The molecule has 0 aliphatic rings. The number of hydrogen-bond acceptors (Lipinski definition) is 3. The first kappa shape index (κ1) is 13.6. The highest BCUT2D eigenvalue weighted by molar-refractivity contribution is 7.56. The lowest BCUT2D eigenvalue weighted by molar-refractivity contribution is 0.207. The molecule has 82 valence electrons. The molecule has 0 spiro atoms. The molecule has 0 aliphatic heterocycles. The molecule has 0 saturated carbocycles. The van der Waals surface area contributed by atoms with Gasteiger partial charge in [-0.1, -0.05) is 26.7 Å². The number of unbranched alkanes of at least 4 members (excludes halogenated alkanes) is 2. The molecule has 5 heteroatoms. The van der Waals surface area contributed by atoms with Crippen LogP contribution in [0.3, 0.4) is 0 Å². The second kappa shape index (κ2) is 7.99. The van der Waals surface area contributed by atoms with Crippen molar-refractivity contribution < 1.29 is 13.6 Å². The smallest absolute Gasteiger partial charge is 0.244 e. The average molecular weight is 219 g/mol. The van der Waals surface area contributed by atoms with Gasteiger partial charge in [-0.2, -0.15) is 4.57 Å². The van der Waals surface area contributed by atoms with Crippen LogP contribution in [0.4, 0.5) is 0 Å². The fraction of sp³-hybridized carbons (Fsp3) is 0.889. The molecule has 0 amide bonds. The van der Waals surface area contributed by atoms with Crippen molar-refractivity contribution in [1.82, 2.24) is 0 Å². The summed E-state index contributed by atoms with van der Waals surface area (Å²) in [5.74, 6) is 0. The summed E-state index contributed by atoms with van der Waals surface area (Å²) < 4.78 is 24.3. The van der Waals surface area contributed by atoms with Gasteiger partial charge in [0.2, 0.25) is 0 Å². The van der Waals surface area contributed by atoms with Gasteiger partial charge in [-0.05, 0) is 12.8 Å². The van der Waals surface area contributed by atoms with E-state index in [9.17, 15) is 4.57 Å². The summed E-state index contributed by atoms with van der Waals surface area (Å²) >= 11 is 0. The third-order valence-corrected chi connectivity index (χ3v) is 2.89. The van der Waals surface area contributed by atoms with Crippen LogP contribution in [0.15, 0.2) is 0 Å². The molecule has 4 nitrogen and oxygen atoms in total. The molecule has 0 aromatic heterocycles. The maximum atomic E-state index is 11.5. The first-order chi connectivity index (χ1) is 6.68. The second-order valence-corrected chi connectivity index (χ2v) is 4.60. The molecule has 0 unspecified atom stereocenters. The normalized spacial score (nSPS) is 11.2. The third kappa shape index (κ3) is 6.15. The highest BCUT2D eigenvalue weighted by Gasteiger charge is 2.32. The molecule has 0 bridgehead atoms. The van der Waals surface area contributed by atoms with Crippen molar-refractivity contribution in [3.63, 3.8) is 0 Å².